The van der Waals surface area contributed by atoms with E-state index in [1.807, 2.05) is 13.1 Å². The molecule has 2 rings (SSSR count). The van der Waals surface area contributed by atoms with E-state index in [4.69, 9.17) is 4.74 Å². The third kappa shape index (κ3) is 1.91. The van der Waals surface area contributed by atoms with E-state index in [9.17, 15) is 0 Å². The summed E-state index contributed by atoms with van der Waals surface area (Å²) in [4.78, 5) is 3.45. The molecule has 2 aromatic rings. The first-order valence-electron chi connectivity index (χ1n) is 5.56. The Kier molecular flexibility index (Phi) is 3.15. The van der Waals surface area contributed by atoms with Crippen LogP contribution in [-0.2, 0) is 6.42 Å². The van der Waals surface area contributed by atoms with E-state index in [1.54, 1.807) is 7.11 Å². The molecule has 1 heterocycles. The SMILES string of the molecule is CNCCc1[nH]c2ccc(OC)cc2c1C. The number of ether oxygens (including phenoxy) is 1. The van der Waals surface area contributed by atoms with Gasteiger partial charge in [-0.05, 0) is 37.7 Å². The van der Waals surface area contributed by atoms with Crippen LogP contribution in [0.2, 0.25) is 0 Å². The molecule has 16 heavy (non-hydrogen) atoms. The average Bonchev–Trinajstić information content (AvgIpc) is 2.63. The van der Waals surface area contributed by atoms with Crippen molar-refractivity contribution < 1.29 is 4.74 Å². The van der Waals surface area contributed by atoms with E-state index in [1.165, 1.54) is 22.2 Å². The Hall–Kier alpha value is -1.48. The molecule has 0 bridgehead atoms. The Morgan fingerprint density at radius 3 is 2.88 bits per heavy atom. The number of nitrogens with one attached hydrogen (secondary N) is 2. The minimum Gasteiger partial charge on any atom is -0.497 e. The van der Waals surface area contributed by atoms with E-state index in [-0.39, 0.29) is 0 Å². The van der Waals surface area contributed by atoms with Gasteiger partial charge in [0.05, 0.1) is 7.11 Å². The summed E-state index contributed by atoms with van der Waals surface area (Å²) >= 11 is 0. The minimum atomic E-state index is 0.912. The highest BCUT2D eigenvalue weighted by Crippen LogP contribution is 2.25. The number of H-pyrrole nitrogens is 1. The monoisotopic (exact) mass is 218 g/mol. The number of aryl methyl sites for hydroxylation is 1. The summed E-state index contributed by atoms with van der Waals surface area (Å²) in [5.74, 6) is 0.912. The number of methoxy groups -OCH3 is 1. The second-order valence-electron chi connectivity index (χ2n) is 3.99. The first-order valence-corrected chi connectivity index (χ1v) is 5.56. The van der Waals surface area contributed by atoms with Crippen molar-refractivity contribution in [3.8, 4) is 5.75 Å². The summed E-state index contributed by atoms with van der Waals surface area (Å²) in [5.41, 5.74) is 3.81. The summed E-state index contributed by atoms with van der Waals surface area (Å²) in [7, 11) is 3.67. The van der Waals surface area contributed by atoms with Crippen LogP contribution in [0.5, 0.6) is 5.75 Å². The van der Waals surface area contributed by atoms with Gasteiger partial charge in [0.1, 0.15) is 5.75 Å². The van der Waals surface area contributed by atoms with Crippen molar-refractivity contribution in [3.05, 3.63) is 29.5 Å². The van der Waals surface area contributed by atoms with Crippen LogP contribution in [0, 0.1) is 6.92 Å². The first-order chi connectivity index (χ1) is 7.76. The molecule has 0 aliphatic rings. The molecule has 0 atom stereocenters. The van der Waals surface area contributed by atoms with Crippen molar-refractivity contribution in [2.24, 2.45) is 0 Å². The Bertz CT molecular complexity index is 488. The quantitative estimate of drug-likeness (QED) is 0.826. The molecule has 2 N–H and O–H groups in total. The van der Waals surface area contributed by atoms with Crippen LogP contribution < -0.4 is 10.1 Å². The zero-order valence-corrected chi connectivity index (χ0v) is 10.1. The van der Waals surface area contributed by atoms with Crippen molar-refractivity contribution >= 4 is 10.9 Å². The highest BCUT2D eigenvalue weighted by Gasteiger charge is 2.07. The van der Waals surface area contributed by atoms with E-state index in [2.05, 4.69) is 29.4 Å². The van der Waals surface area contributed by atoms with Crippen LogP contribution in [0.15, 0.2) is 18.2 Å². The van der Waals surface area contributed by atoms with Gasteiger partial charge in [-0.25, -0.2) is 0 Å². The summed E-state index contributed by atoms with van der Waals surface area (Å²) in [5, 5.41) is 4.42. The number of rotatable bonds is 4. The average molecular weight is 218 g/mol. The van der Waals surface area contributed by atoms with Gasteiger partial charge in [0.15, 0.2) is 0 Å². The molecular weight excluding hydrogens is 200 g/mol. The van der Waals surface area contributed by atoms with Gasteiger partial charge in [-0.15, -0.1) is 0 Å². The van der Waals surface area contributed by atoms with Crippen molar-refractivity contribution in [2.75, 3.05) is 20.7 Å². The van der Waals surface area contributed by atoms with E-state index in [0.29, 0.717) is 0 Å². The highest BCUT2D eigenvalue weighted by atomic mass is 16.5. The van der Waals surface area contributed by atoms with Crippen molar-refractivity contribution in [2.45, 2.75) is 13.3 Å². The topological polar surface area (TPSA) is 37.0 Å². The molecule has 0 amide bonds. The molecule has 0 saturated carbocycles. The first kappa shape index (κ1) is 11.0. The lowest BCUT2D eigenvalue weighted by atomic mass is 10.1. The zero-order valence-electron chi connectivity index (χ0n) is 10.1. The molecule has 0 saturated heterocycles. The molecule has 1 aromatic heterocycles. The predicted octanol–water partition coefficient (Wildman–Crippen LogP) is 2.25. The standard InChI is InChI=1S/C13H18N2O/c1-9-11-8-10(16-3)4-5-13(11)15-12(9)6-7-14-2/h4-5,8,14-15H,6-7H2,1-3H3. The van der Waals surface area contributed by atoms with Gasteiger partial charge in [-0.2, -0.15) is 0 Å². The predicted molar refractivity (Wildman–Crippen MR) is 67.2 cm³/mol. The Balaban J connectivity index is 2.42. The number of hydrogen-bond acceptors (Lipinski definition) is 2. The normalized spacial score (nSPS) is 10.9. The summed E-state index contributed by atoms with van der Waals surface area (Å²) in [6.07, 6.45) is 1.03. The maximum atomic E-state index is 5.24. The number of fused-ring (bicyclic) bond motifs is 1. The molecule has 0 radical (unpaired) electrons. The fraction of sp³-hybridized carbons (Fsp3) is 0.385. The van der Waals surface area contributed by atoms with Crippen LogP contribution >= 0.6 is 0 Å². The largest absolute Gasteiger partial charge is 0.497 e. The molecule has 3 heteroatoms. The molecule has 86 valence electrons. The fourth-order valence-corrected chi connectivity index (χ4v) is 1.99. The molecule has 0 spiro atoms. The van der Waals surface area contributed by atoms with E-state index >= 15 is 0 Å². The van der Waals surface area contributed by atoms with E-state index in [0.717, 1.165) is 18.7 Å². The second kappa shape index (κ2) is 4.58. The maximum absolute atomic E-state index is 5.24. The third-order valence-corrected chi connectivity index (χ3v) is 2.99. The second-order valence-corrected chi connectivity index (χ2v) is 3.99. The van der Waals surface area contributed by atoms with Crippen molar-refractivity contribution in [1.82, 2.24) is 10.3 Å². The minimum absolute atomic E-state index is 0.912. The number of hydrogen-bond donors (Lipinski definition) is 2. The van der Waals surface area contributed by atoms with Crippen LogP contribution in [-0.4, -0.2) is 25.7 Å². The van der Waals surface area contributed by atoms with Crippen LogP contribution in [0.3, 0.4) is 0 Å². The summed E-state index contributed by atoms with van der Waals surface area (Å²) < 4.78 is 5.24. The van der Waals surface area contributed by atoms with Gasteiger partial charge >= 0.3 is 0 Å². The van der Waals surface area contributed by atoms with Crippen molar-refractivity contribution in [1.29, 1.82) is 0 Å². The number of aromatic nitrogens is 1. The molecule has 0 aliphatic heterocycles. The zero-order chi connectivity index (χ0) is 11.5. The van der Waals surface area contributed by atoms with Gasteiger partial charge in [0.2, 0.25) is 0 Å². The van der Waals surface area contributed by atoms with E-state index < -0.39 is 0 Å². The van der Waals surface area contributed by atoms with Gasteiger partial charge in [-0.3, -0.25) is 0 Å². The molecule has 1 aromatic carbocycles. The number of aromatic amines is 1. The Morgan fingerprint density at radius 2 is 2.19 bits per heavy atom. The number of likely N-dealkylation sites (N-methyl/N-ethyl adjacent to an activating group) is 1. The van der Waals surface area contributed by atoms with Crippen LogP contribution in [0.1, 0.15) is 11.3 Å². The lowest BCUT2D eigenvalue weighted by molar-refractivity contribution is 0.415. The van der Waals surface area contributed by atoms with Gasteiger partial charge in [-0.1, -0.05) is 0 Å². The number of benzene rings is 1. The third-order valence-electron chi connectivity index (χ3n) is 2.99. The molecular formula is C13H18N2O. The molecule has 0 aliphatic carbocycles. The lowest BCUT2D eigenvalue weighted by Gasteiger charge is -1.99. The van der Waals surface area contributed by atoms with Crippen LogP contribution in [0.4, 0.5) is 0 Å². The summed E-state index contributed by atoms with van der Waals surface area (Å²) in [6, 6.07) is 6.15. The smallest absolute Gasteiger partial charge is 0.119 e. The molecule has 0 fully saturated rings. The lowest BCUT2D eigenvalue weighted by Crippen LogP contribution is -2.10. The Labute approximate surface area is 95.8 Å². The van der Waals surface area contributed by atoms with Gasteiger partial charge in [0.25, 0.3) is 0 Å². The van der Waals surface area contributed by atoms with Crippen molar-refractivity contribution in [3.63, 3.8) is 0 Å². The fourth-order valence-electron chi connectivity index (χ4n) is 1.99. The summed E-state index contributed by atoms with van der Waals surface area (Å²) in [6.45, 7) is 3.15. The highest BCUT2D eigenvalue weighted by molar-refractivity contribution is 5.85. The Morgan fingerprint density at radius 1 is 1.38 bits per heavy atom. The molecule has 3 nitrogen and oxygen atoms in total. The maximum Gasteiger partial charge on any atom is 0.119 e. The molecule has 0 unspecified atom stereocenters. The van der Waals surface area contributed by atoms with Gasteiger partial charge < -0.3 is 15.0 Å². The van der Waals surface area contributed by atoms with Crippen LogP contribution in [0.25, 0.3) is 10.9 Å². The van der Waals surface area contributed by atoms with Gasteiger partial charge in [0, 0.05) is 29.6 Å².